The third kappa shape index (κ3) is 6.83. The monoisotopic (exact) mass is 756 g/mol. The van der Waals surface area contributed by atoms with Gasteiger partial charge in [-0.05, 0) is 91.0 Å². The standard InChI is InChI=1S/C25H28O4.C23H24O4/c1-3-29-24(26)23-22(17-10-6-4-7-11-17)20-15-14-19(28-2)16-21(20)25(23,27)18-12-8-5-9-13-18;1-27-17-12-13-18-19(14-17)23(26,16-10-6-3-7-11-16)21(22(24)25)20(18)15-8-4-2-5-9-15/h4,6-7,10-11,14-16,18,27H,3,5,8-9,12-13H2,1-2H3;2,4-5,8-9,12-14,16,26H,3,6-7,10-11H2,1H3,(H,24,25). The van der Waals surface area contributed by atoms with Crippen LogP contribution in [-0.4, -0.2) is 48.1 Å². The lowest BCUT2D eigenvalue weighted by atomic mass is 9.71. The number of rotatable bonds is 9. The number of ether oxygens (including phenoxy) is 3. The van der Waals surface area contributed by atoms with Crippen molar-refractivity contribution in [1.82, 2.24) is 0 Å². The molecule has 0 radical (unpaired) electrons. The molecule has 0 saturated heterocycles. The van der Waals surface area contributed by atoms with E-state index in [0.29, 0.717) is 28.2 Å². The van der Waals surface area contributed by atoms with E-state index in [-0.39, 0.29) is 24.0 Å². The highest BCUT2D eigenvalue weighted by Gasteiger charge is 2.54. The van der Waals surface area contributed by atoms with Crippen LogP contribution in [0.5, 0.6) is 11.5 Å². The Morgan fingerprint density at radius 1 is 0.607 bits per heavy atom. The molecule has 8 heteroatoms. The summed E-state index contributed by atoms with van der Waals surface area (Å²) in [5, 5.41) is 34.4. The Labute approximate surface area is 329 Å². The maximum atomic E-state index is 13.2. The van der Waals surface area contributed by atoms with E-state index in [1.54, 1.807) is 21.1 Å². The lowest BCUT2D eigenvalue weighted by molar-refractivity contribution is -0.142. The number of methoxy groups -OCH3 is 2. The number of aliphatic hydroxyl groups is 2. The lowest BCUT2D eigenvalue weighted by Gasteiger charge is -2.38. The predicted octanol–water partition coefficient (Wildman–Crippen LogP) is 9.20. The van der Waals surface area contributed by atoms with Crippen LogP contribution in [0, 0.1) is 11.8 Å². The molecular weight excluding hydrogens is 705 g/mol. The number of carboxylic acids is 1. The largest absolute Gasteiger partial charge is 0.497 e. The van der Waals surface area contributed by atoms with Gasteiger partial charge >= 0.3 is 11.9 Å². The molecule has 0 amide bonds. The van der Waals surface area contributed by atoms with E-state index in [1.165, 1.54) is 6.42 Å². The average molecular weight is 757 g/mol. The smallest absolute Gasteiger partial charge is 0.337 e. The van der Waals surface area contributed by atoms with Crippen molar-refractivity contribution in [1.29, 1.82) is 0 Å². The lowest BCUT2D eigenvalue weighted by Crippen LogP contribution is -2.40. The van der Waals surface area contributed by atoms with Crippen LogP contribution in [0.4, 0.5) is 0 Å². The number of aliphatic carboxylic acids is 1. The van der Waals surface area contributed by atoms with Crippen LogP contribution in [0.3, 0.4) is 0 Å². The van der Waals surface area contributed by atoms with Crippen molar-refractivity contribution in [3.63, 3.8) is 0 Å². The molecule has 3 N–H and O–H groups in total. The van der Waals surface area contributed by atoms with Crippen molar-refractivity contribution < 1.29 is 39.1 Å². The molecule has 0 aliphatic heterocycles. The van der Waals surface area contributed by atoms with Crippen molar-refractivity contribution in [2.75, 3.05) is 20.8 Å². The number of carbonyl (C=O) groups is 2. The van der Waals surface area contributed by atoms with Gasteiger partial charge in [0, 0.05) is 22.3 Å². The number of fused-ring (bicyclic) bond motifs is 2. The molecule has 8 rings (SSSR count). The van der Waals surface area contributed by atoms with E-state index in [1.807, 2.05) is 97.1 Å². The molecular formula is C48H52O8. The molecule has 0 spiro atoms. The third-order valence-electron chi connectivity index (χ3n) is 12.3. The van der Waals surface area contributed by atoms with E-state index in [4.69, 9.17) is 14.2 Å². The zero-order valence-corrected chi connectivity index (χ0v) is 32.6. The van der Waals surface area contributed by atoms with E-state index in [2.05, 4.69) is 0 Å². The summed E-state index contributed by atoms with van der Waals surface area (Å²) in [6, 6.07) is 30.5. The number of hydrogen-bond acceptors (Lipinski definition) is 7. The first-order chi connectivity index (χ1) is 27.2. The van der Waals surface area contributed by atoms with E-state index < -0.39 is 23.1 Å². The molecule has 2 unspecified atom stereocenters. The van der Waals surface area contributed by atoms with Crippen molar-refractivity contribution in [3.8, 4) is 11.5 Å². The van der Waals surface area contributed by atoms with Crippen LogP contribution < -0.4 is 9.47 Å². The van der Waals surface area contributed by atoms with Crippen LogP contribution >= 0.6 is 0 Å². The summed E-state index contributed by atoms with van der Waals surface area (Å²) in [6.45, 7) is 2.07. The second kappa shape index (κ2) is 16.5. The number of carboxylic acid groups (broad SMARTS) is 1. The van der Waals surface area contributed by atoms with Gasteiger partial charge in [0.2, 0.25) is 0 Å². The van der Waals surface area contributed by atoms with Gasteiger partial charge in [0.05, 0.1) is 32.0 Å². The van der Waals surface area contributed by atoms with Gasteiger partial charge < -0.3 is 29.5 Å². The Morgan fingerprint density at radius 3 is 1.41 bits per heavy atom. The molecule has 4 aromatic rings. The molecule has 2 atom stereocenters. The first-order valence-corrected chi connectivity index (χ1v) is 20.0. The fraction of sp³-hybridized carbons (Fsp3) is 0.375. The first kappa shape index (κ1) is 39.1. The third-order valence-corrected chi connectivity index (χ3v) is 12.3. The molecule has 2 fully saturated rings. The summed E-state index contributed by atoms with van der Waals surface area (Å²) in [5.74, 6) is -0.323. The molecule has 56 heavy (non-hydrogen) atoms. The van der Waals surface area contributed by atoms with Crippen LogP contribution in [0.2, 0.25) is 0 Å². The van der Waals surface area contributed by atoms with Gasteiger partial charge in [-0.3, -0.25) is 0 Å². The van der Waals surface area contributed by atoms with Gasteiger partial charge in [0.15, 0.2) is 0 Å². The molecule has 4 aliphatic rings. The predicted molar refractivity (Wildman–Crippen MR) is 216 cm³/mol. The molecule has 292 valence electrons. The number of esters is 1. The van der Waals surface area contributed by atoms with E-state index in [9.17, 15) is 24.9 Å². The van der Waals surface area contributed by atoms with Crippen LogP contribution in [-0.2, 0) is 25.5 Å². The minimum Gasteiger partial charge on any atom is -0.497 e. The number of hydrogen-bond donors (Lipinski definition) is 3. The van der Waals surface area contributed by atoms with Gasteiger partial charge in [-0.1, -0.05) is 111 Å². The zero-order valence-electron chi connectivity index (χ0n) is 32.6. The molecule has 4 aromatic carbocycles. The Morgan fingerprint density at radius 2 is 1.02 bits per heavy atom. The van der Waals surface area contributed by atoms with E-state index in [0.717, 1.165) is 91.2 Å². The molecule has 0 aromatic heterocycles. The summed E-state index contributed by atoms with van der Waals surface area (Å²) in [4.78, 5) is 25.7. The van der Waals surface area contributed by atoms with Gasteiger partial charge in [-0.15, -0.1) is 0 Å². The van der Waals surface area contributed by atoms with Gasteiger partial charge in [0.25, 0.3) is 0 Å². The quantitative estimate of drug-likeness (QED) is 0.145. The summed E-state index contributed by atoms with van der Waals surface area (Å²) in [5.41, 5.74) is 3.80. The highest BCUT2D eigenvalue weighted by atomic mass is 16.5. The van der Waals surface area contributed by atoms with Crippen LogP contribution in [0.15, 0.2) is 108 Å². The van der Waals surface area contributed by atoms with Crippen molar-refractivity contribution in [2.24, 2.45) is 11.8 Å². The maximum Gasteiger partial charge on any atom is 0.337 e. The number of carbonyl (C=O) groups excluding carboxylic acids is 1. The summed E-state index contributed by atoms with van der Waals surface area (Å²) in [7, 11) is 3.20. The van der Waals surface area contributed by atoms with Crippen molar-refractivity contribution in [3.05, 3.63) is 142 Å². The average Bonchev–Trinajstić information content (AvgIpc) is 3.68. The van der Waals surface area contributed by atoms with Gasteiger partial charge in [0.1, 0.15) is 22.7 Å². The molecule has 0 bridgehead atoms. The number of benzene rings is 4. The van der Waals surface area contributed by atoms with Gasteiger partial charge in [-0.2, -0.15) is 0 Å². The highest BCUT2D eigenvalue weighted by Crippen LogP contribution is 2.56. The molecule has 8 nitrogen and oxygen atoms in total. The topological polar surface area (TPSA) is 123 Å². The summed E-state index contributed by atoms with van der Waals surface area (Å²) >= 11 is 0. The fourth-order valence-electron chi connectivity index (χ4n) is 9.72. The molecule has 4 aliphatic carbocycles. The van der Waals surface area contributed by atoms with E-state index >= 15 is 0 Å². The first-order valence-electron chi connectivity index (χ1n) is 20.0. The van der Waals surface area contributed by atoms with Crippen molar-refractivity contribution in [2.45, 2.75) is 82.3 Å². The Hall–Kier alpha value is -5.18. The highest BCUT2D eigenvalue weighted by molar-refractivity contribution is 6.08. The minimum absolute atomic E-state index is 0.0253. The SMILES string of the molecule is CCOC(=O)C1=C(c2ccccc2)c2ccc(OC)cc2C1(O)C1CCCCC1.COc1ccc2c(c1)C(O)(C1CCCCC1)C(C(=O)O)=C2c1ccccc1. The maximum absolute atomic E-state index is 13.2. The zero-order chi connectivity index (χ0) is 39.5. The Balaban J connectivity index is 0.000000172. The van der Waals surface area contributed by atoms with Crippen molar-refractivity contribution >= 4 is 23.1 Å². The summed E-state index contributed by atoms with van der Waals surface area (Å²) in [6.07, 6.45) is 9.87. The second-order valence-corrected chi connectivity index (χ2v) is 15.3. The second-order valence-electron chi connectivity index (χ2n) is 15.3. The van der Waals surface area contributed by atoms with Gasteiger partial charge in [-0.25, -0.2) is 9.59 Å². The normalized spacial score (nSPS) is 22.2. The van der Waals surface area contributed by atoms with Crippen LogP contribution in [0.25, 0.3) is 11.1 Å². The Bertz CT molecular complexity index is 2120. The molecule has 2 saturated carbocycles. The Kier molecular flexibility index (Phi) is 11.5. The minimum atomic E-state index is -1.50. The summed E-state index contributed by atoms with van der Waals surface area (Å²) < 4.78 is 16.3. The molecule has 0 heterocycles. The van der Waals surface area contributed by atoms with Crippen LogP contribution in [0.1, 0.15) is 105 Å². The fourth-order valence-corrected chi connectivity index (χ4v) is 9.72.